The molecule has 2 N–H and O–H groups in total. The van der Waals surface area contributed by atoms with Crippen LogP contribution < -0.4 is 10.6 Å². The minimum absolute atomic E-state index is 0.0955. The number of fused-ring (bicyclic) bond motifs is 1. The largest absolute Gasteiger partial charge is 0.497 e. The van der Waals surface area contributed by atoms with Gasteiger partial charge in [-0.25, -0.2) is 4.79 Å². The molecule has 0 aromatic rings. The van der Waals surface area contributed by atoms with Crippen molar-refractivity contribution in [2.24, 2.45) is 28.1 Å². The van der Waals surface area contributed by atoms with Crippen LogP contribution in [0.15, 0.2) is 24.6 Å². The number of hydrogen-bond acceptors (Lipinski definition) is 4. The maximum Gasteiger partial charge on any atom is 0.315 e. The smallest absolute Gasteiger partial charge is 0.315 e. The number of rotatable bonds is 9. The fraction of sp³-hybridized carbons (Fsp3) is 0.793. The second-order valence-electron chi connectivity index (χ2n) is 13.3. The van der Waals surface area contributed by atoms with Gasteiger partial charge in [0, 0.05) is 12.2 Å². The highest BCUT2D eigenvalue weighted by atomic mass is 16.5. The summed E-state index contributed by atoms with van der Waals surface area (Å²) in [4.78, 5) is 28.4. The molecule has 2 saturated carbocycles. The van der Waals surface area contributed by atoms with Crippen LogP contribution in [0.3, 0.4) is 0 Å². The van der Waals surface area contributed by atoms with Gasteiger partial charge in [-0.2, -0.15) is 0 Å². The van der Waals surface area contributed by atoms with E-state index in [1.54, 1.807) is 6.92 Å². The Morgan fingerprint density at radius 3 is 2.17 bits per heavy atom. The van der Waals surface area contributed by atoms with E-state index in [4.69, 9.17) is 4.74 Å². The number of nitrogens with one attached hydrogen (secondary N) is 2. The maximum atomic E-state index is 13.4. The third kappa shape index (κ3) is 5.72. The molecule has 3 fully saturated rings. The first kappa shape index (κ1) is 27.6. The van der Waals surface area contributed by atoms with E-state index in [9.17, 15) is 9.59 Å². The minimum Gasteiger partial charge on any atom is -0.497 e. The molecule has 0 aromatic carbocycles. The van der Waals surface area contributed by atoms with Crippen molar-refractivity contribution in [3.63, 3.8) is 0 Å². The Balaban J connectivity index is 1.81. The van der Waals surface area contributed by atoms with Crippen LogP contribution in [0.5, 0.6) is 0 Å². The van der Waals surface area contributed by atoms with Crippen LogP contribution in [0.4, 0.5) is 4.79 Å². The van der Waals surface area contributed by atoms with Crippen LogP contribution in [-0.4, -0.2) is 48.0 Å². The number of carbonyl (C=O) groups is 2. The van der Waals surface area contributed by atoms with E-state index in [2.05, 4.69) is 70.2 Å². The molecule has 3 rings (SSSR count). The van der Waals surface area contributed by atoms with Crippen LogP contribution in [0.2, 0.25) is 0 Å². The van der Waals surface area contributed by atoms with Crippen LogP contribution >= 0.6 is 0 Å². The fourth-order valence-electron chi connectivity index (χ4n) is 6.59. The number of carbonyl (C=O) groups excluding carboxylic acids is 2. The van der Waals surface area contributed by atoms with Gasteiger partial charge in [0.05, 0.1) is 23.9 Å². The molecular weight excluding hydrogens is 438 g/mol. The molecule has 35 heavy (non-hydrogen) atoms. The first-order valence-electron chi connectivity index (χ1n) is 13.4. The lowest BCUT2D eigenvalue weighted by molar-refractivity contribution is -0.122. The average Bonchev–Trinajstić information content (AvgIpc) is 3.09. The summed E-state index contributed by atoms with van der Waals surface area (Å²) in [5.74, 6) is 1.71. The molecule has 1 heterocycles. The summed E-state index contributed by atoms with van der Waals surface area (Å²) in [5, 5.41) is 6.49. The highest BCUT2D eigenvalue weighted by Crippen LogP contribution is 2.65. The number of ether oxygens (including phenoxy) is 1. The van der Waals surface area contributed by atoms with Gasteiger partial charge in [0.25, 0.3) is 0 Å². The minimum atomic E-state index is -0.229. The first-order valence-corrected chi connectivity index (χ1v) is 13.4. The molecule has 0 spiro atoms. The second kappa shape index (κ2) is 9.82. The quantitative estimate of drug-likeness (QED) is 0.412. The molecule has 198 valence electrons. The standard InChI is InChI=1S/C29H49N3O3/c1-18(2)35-17-22(27(5,6)7)30-26(34)31-25(29(10)14-12-11-13-15-29)19(3)32-16-21-23(28(21,8)9)24(32)20(4)33/h21-25H,1,3,11-17H2,2,4-10H3,(H2,30,31,34)/t21-,22?,23-,24?,25?/m0/s1. The molecule has 1 saturated heterocycles. The Bertz CT molecular complexity index is 850. The van der Waals surface area contributed by atoms with Crippen molar-refractivity contribution in [3.8, 4) is 0 Å². The molecule has 0 bridgehead atoms. The van der Waals surface area contributed by atoms with Crippen molar-refractivity contribution in [1.82, 2.24) is 15.5 Å². The summed E-state index contributed by atoms with van der Waals surface area (Å²) < 4.78 is 5.68. The van der Waals surface area contributed by atoms with E-state index >= 15 is 0 Å². The molecule has 6 heteroatoms. The van der Waals surface area contributed by atoms with Crippen molar-refractivity contribution in [3.05, 3.63) is 24.6 Å². The van der Waals surface area contributed by atoms with E-state index in [1.165, 1.54) is 6.42 Å². The Morgan fingerprint density at radius 1 is 1.06 bits per heavy atom. The third-order valence-corrected chi connectivity index (χ3v) is 9.14. The zero-order valence-electron chi connectivity index (χ0n) is 23.4. The van der Waals surface area contributed by atoms with Gasteiger partial charge in [-0.05, 0) is 54.8 Å². The van der Waals surface area contributed by atoms with E-state index in [0.717, 1.165) is 37.9 Å². The fourth-order valence-corrected chi connectivity index (χ4v) is 6.59. The zero-order valence-corrected chi connectivity index (χ0v) is 23.4. The predicted molar refractivity (Wildman–Crippen MR) is 142 cm³/mol. The highest BCUT2D eigenvalue weighted by molar-refractivity contribution is 5.83. The summed E-state index contributed by atoms with van der Waals surface area (Å²) in [6, 6.07) is -0.768. The summed E-state index contributed by atoms with van der Waals surface area (Å²) in [6.45, 7) is 26.2. The topological polar surface area (TPSA) is 70.7 Å². The predicted octanol–water partition coefficient (Wildman–Crippen LogP) is 5.65. The lowest BCUT2D eigenvalue weighted by Crippen LogP contribution is -2.58. The van der Waals surface area contributed by atoms with Gasteiger partial charge in [0.1, 0.15) is 6.61 Å². The van der Waals surface area contributed by atoms with E-state index < -0.39 is 0 Å². The molecule has 3 unspecified atom stereocenters. The van der Waals surface area contributed by atoms with Crippen molar-refractivity contribution in [1.29, 1.82) is 0 Å². The van der Waals surface area contributed by atoms with Gasteiger partial charge in [0.2, 0.25) is 0 Å². The van der Waals surface area contributed by atoms with Crippen molar-refractivity contribution in [2.45, 2.75) is 106 Å². The van der Waals surface area contributed by atoms with Crippen LogP contribution in [0, 0.1) is 28.1 Å². The second-order valence-corrected chi connectivity index (χ2v) is 13.3. The van der Waals surface area contributed by atoms with Crippen molar-refractivity contribution < 1.29 is 14.3 Å². The summed E-state index contributed by atoms with van der Waals surface area (Å²) in [5.41, 5.74) is 0.807. The zero-order chi connectivity index (χ0) is 26.3. The maximum absolute atomic E-state index is 13.4. The van der Waals surface area contributed by atoms with Gasteiger partial charge in [0.15, 0.2) is 5.78 Å². The molecule has 1 aliphatic heterocycles. The molecule has 0 aromatic heterocycles. The Morgan fingerprint density at radius 2 is 1.66 bits per heavy atom. The number of hydrogen-bond donors (Lipinski definition) is 2. The van der Waals surface area contributed by atoms with Crippen molar-refractivity contribution in [2.75, 3.05) is 13.2 Å². The Kier molecular flexibility index (Phi) is 7.74. The number of amides is 2. The number of piperidine rings is 1. The van der Waals surface area contributed by atoms with Crippen molar-refractivity contribution >= 4 is 11.8 Å². The third-order valence-electron chi connectivity index (χ3n) is 9.14. The molecule has 3 aliphatic rings. The number of allylic oxidation sites excluding steroid dienone is 1. The molecule has 6 nitrogen and oxygen atoms in total. The normalized spacial score (nSPS) is 28.3. The van der Waals surface area contributed by atoms with E-state index in [1.807, 2.05) is 6.92 Å². The highest BCUT2D eigenvalue weighted by Gasteiger charge is 2.68. The van der Waals surface area contributed by atoms with E-state index in [0.29, 0.717) is 24.2 Å². The van der Waals surface area contributed by atoms with Gasteiger partial charge < -0.3 is 20.3 Å². The van der Waals surface area contributed by atoms with Gasteiger partial charge in [-0.15, -0.1) is 0 Å². The molecular formula is C29H49N3O3. The molecule has 2 amide bonds. The summed E-state index contributed by atoms with van der Waals surface area (Å²) in [6.07, 6.45) is 5.60. The average molecular weight is 488 g/mol. The lowest BCUT2D eigenvalue weighted by Gasteiger charge is -2.46. The lowest BCUT2D eigenvalue weighted by atomic mass is 9.69. The number of urea groups is 1. The summed E-state index contributed by atoms with van der Waals surface area (Å²) >= 11 is 0. The summed E-state index contributed by atoms with van der Waals surface area (Å²) in [7, 11) is 0. The number of Topliss-reactive ketones (excluding diaryl/α,β-unsaturated/α-hetero) is 1. The molecule has 5 atom stereocenters. The van der Waals surface area contributed by atoms with E-state index in [-0.39, 0.29) is 46.2 Å². The number of ketones is 1. The SMILES string of the molecule is C=C(C)OCC(NC(=O)NC(C(=C)N1C[C@H]2[C@@H](C1C(C)=O)C2(C)C)C1(C)CCCCC1)C(C)(C)C. The Hall–Kier alpha value is -1.98. The molecule has 2 aliphatic carbocycles. The first-order chi connectivity index (χ1) is 16.1. The Labute approximate surface area is 213 Å². The van der Waals surface area contributed by atoms with Crippen LogP contribution in [0.1, 0.15) is 87.5 Å². The number of nitrogens with zero attached hydrogens (tertiary/aromatic N) is 1. The van der Waals surface area contributed by atoms with Crippen LogP contribution in [-0.2, 0) is 9.53 Å². The van der Waals surface area contributed by atoms with Gasteiger partial charge in [-0.1, -0.05) is 74.0 Å². The number of likely N-dealkylation sites (tertiary alicyclic amines) is 1. The monoisotopic (exact) mass is 487 g/mol. The van der Waals surface area contributed by atoms with Gasteiger partial charge >= 0.3 is 6.03 Å². The van der Waals surface area contributed by atoms with Crippen LogP contribution in [0.25, 0.3) is 0 Å². The van der Waals surface area contributed by atoms with Gasteiger partial charge in [-0.3, -0.25) is 4.79 Å². The molecule has 0 radical (unpaired) electrons.